The molecule has 4 rings (SSSR count). The Morgan fingerprint density at radius 1 is 0.684 bits per heavy atom. The van der Waals surface area contributed by atoms with Crippen LogP contribution < -0.4 is 0 Å². The van der Waals surface area contributed by atoms with Gasteiger partial charge in [-0.25, -0.2) is 0 Å². The van der Waals surface area contributed by atoms with Crippen molar-refractivity contribution in [2.45, 2.75) is 0 Å². The molecular formula is C16H9Cl2N. The molecule has 0 aliphatic carbocycles. The van der Waals surface area contributed by atoms with E-state index < -0.39 is 0 Å². The quantitative estimate of drug-likeness (QED) is 0.373. The van der Waals surface area contributed by atoms with E-state index >= 15 is 0 Å². The highest BCUT2D eigenvalue weighted by molar-refractivity contribution is 6.33. The Kier molecular flexibility index (Phi) is 2.29. The highest BCUT2D eigenvalue weighted by atomic mass is 35.5. The maximum absolute atomic E-state index is 6.17. The lowest BCUT2D eigenvalue weighted by atomic mass is 10.1. The Bertz CT molecular complexity index is 938. The predicted molar refractivity (Wildman–Crippen MR) is 82.4 cm³/mol. The summed E-state index contributed by atoms with van der Waals surface area (Å²) in [5.74, 6) is 0. The van der Waals surface area contributed by atoms with Gasteiger partial charge in [-0.15, -0.1) is 0 Å². The standard InChI is InChI=1S/C16H9Cl2N/c17-10-5-6-15-14(7-10)12-3-1-2-4-13(12)16-8-11(18)9-19(15)16/h1-9H. The molecule has 0 aliphatic rings. The van der Waals surface area contributed by atoms with Gasteiger partial charge in [0.05, 0.1) is 16.1 Å². The minimum absolute atomic E-state index is 0.743. The summed E-state index contributed by atoms with van der Waals surface area (Å²) in [5, 5.41) is 5.01. The van der Waals surface area contributed by atoms with Gasteiger partial charge in [0, 0.05) is 22.0 Å². The number of benzene rings is 2. The van der Waals surface area contributed by atoms with E-state index in [0.717, 1.165) is 26.5 Å². The van der Waals surface area contributed by atoms with E-state index in [9.17, 15) is 0 Å². The van der Waals surface area contributed by atoms with Crippen molar-refractivity contribution >= 4 is 50.4 Å². The summed E-state index contributed by atoms with van der Waals surface area (Å²) in [5.41, 5.74) is 2.24. The first kappa shape index (κ1) is 11.2. The molecule has 0 saturated heterocycles. The van der Waals surface area contributed by atoms with Gasteiger partial charge in [0.1, 0.15) is 0 Å². The summed E-state index contributed by atoms with van der Waals surface area (Å²) in [7, 11) is 0. The molecule has 2 aromatic heterocycles. The normalized spacial score (nSPS) is 11.7. The molecule has 0 bridgehead atoms. The van der Waals surface area contributed by atoms with E-state index in [1.807, 2.05) is 42.6 Å². The molecule has 19 heavy (non-hydrogen) atoms. The fraction of sp³-hybridized carbons (Fsp3) is 0. The first-order valence-corrected chi connectivity index (χ1v) is 6.77. The summed E-state index contributed by atoms with van der Waals surface area (Å²) in [6, 6.07) is 16.3. The number of nitrogens with zero attached hydrogens (tertiary/aromatic N) is 1. The van der Waals surface area contributed by atoms with E-state index in [1.54, 1.807) is 0 Å². The van der Waals surface area contributed by atoms with Gasteiger partial charge in [0.2, 0.25) is 0 Å². The molecule has 4 aromatic rings. The molecular weight excluding hydrogens is 277 g/mol. The zero-order chi connectivity index (χ0) is 13.0. The van der Waals surface area contributed by atoms with Crippen LogP contribution in [0.1, 0.15) is 0 Å². The maximum atomic E-state index is 6.17. The number of aromatic nitrogens is 1. The van der Waals surface area contributed by atoms with Gasteiger partial charge >= 0.3 is 0 Å². The number of rotatable bonds is 0. The Morgan fingerprint density at radius 2 is 1.47 bits per heavy atom. The van der Waals surface area contributed by atoms with Crippen molar-refractivity contribution in [3.05, 3.63) is 64.8 Å². The lowest BCUT2D eigenvalue weighted by molar-refractivity contribution is 1.29. The summed E-state index contributed by atoms with van der Waals surface area (Å²) in [4.78, 5) is 0. The SMILES string of the molecule is Clc1ccc2c(c1)c1ccccc1c1cc(Cl)cn21. The van der Waals surface area contributed by atoms with Gasteiger partial charge < -0.3 is 4.40 Å². The summed E-state index contributed by atoms with van der Waals surface area (Å²) >= 11 is 12.3. The maximum Gasteiger partial charge on any atom is 0.0593 e. The molecule has 0 amide bonds. The number of hydrogen-bond acceptors (Lipinski definition) is 0. The Hall–Kier alpha value is -1.70. The van der Waals surface area contributed by atoms with Crippen LogP contribution in [0.3, 0.4) is 0 Å². The van der Waals surface area contributed by atoms with E-state index in [1.165, 1.54) is 10.8 Å². The highest BCUT2D eigenvalue weighted by Gasteiger charge is 2.09. The van der Waals surface area contributed by atoms with Crippen LogP contribution in [0.25, 0.3) is 27.2 Å². The van der Waals surface area contributed by atoms with Crippen LogP contribution >= 0.6 is 23.2 Å². The van der Waals surface area contributed by atoms with Crippen LogP contribution in [-0.2, 0) is 0 Å². The van der Waals surface area contributed by atoms with Gasteiger partial charge in [-0.3, -0.25) is 0 Å². The molecule has 0 spiro atoms. The molecule has 2 heterocycles. The van der Waals surface area contributed by atoms with Crippen LogP contribution in [0.4, 0.5) is 0 Å². The smallest absolute Gasteiger partial charge is 0.0593 e. The molecule has 0 atom stereocenters. The highest BCUT2D eigenvalue weighted by Crippen LogP contribution is 2.33. The van der Waals surface area contributed by atoms with Gasteiger partial charge in [-0.05, 0) is 29.7 Å². The first-order chi connectivity index (χ1) is 9.24. The molecule has 0 aliphatic heterocycles. The second-order valence-corrected chi connectivity index (χ2v) is 5.49. The average Bonchev–Trinajstić information content (AvgIpc) is 2.81. The Balaban J connectivity index is 2.42. The summed E-state index contributed by atoms with van der Waals surface area (Å²) in [6.45, 7) is 0. The number of hydrogen-bond donors (Lipinski definition) is 0. The van der Waals surface area contributed by atoms with Crippen LogP contribution in [-0.4, -0.2) is 4.40 Å². The molecule has 92 valence electrons. The third-order valence-corrected chi connectivity index (χ3v) is 3.94. The van der Waals surface area contributed by atoms with E-state index in [0.29, 0.717) is 0 Å². The van der Waals surface area contributed by atoms with Crippen molar-refractivity contribution in [1.29, 1.82) is 0 Å². The molecule has 0 unspecified atom stereocenters. The fourth-order valence-electron chi connectivity index (χ4n) is 2.71. The molecule has 2 aromatic carbocycles. The van der Waals surface area contributed by atoms with Crippen molar-refractivity contribution in [2.75, 3.05) is 0 Å². The number of pyridine rings is 1. The molecule has 0 N–H and O–H groups in total. The Labute approximate surface area is 120 Å². The molecule has 1 nitrogen and oxygen atoms in total. The summed E-state index contributed by atoms with van der Waals surface area (Å²) < 4.78 is 2.12. The number of fused-ring (bicyclic) bond motifs is 6. The topological polar surface area (TPSA) is 4.41 Å². The average molecular weight is 286 g/mol. The Morgan fingerprint density at radius 3 is 2.32 bits per heavy atom. The van der Waals surface area contributed by atoms with Gasteiger partial charge in [-0.2, -0.15) is 0 Å². The third-order valence-electron chi connectivity index (χ3n) is 3.50. The van der Waals surface area contributed by atoms with Crippen LogP contribution in [0.2, 0.25) is 10.0 Å². The largest absolute Gasteiger partial charge is 0.314 e. The lowest BCUT2D eigenvalue weighted by Crippen LogP contribution is -1.88. The zero-order valence-electron chi connectivity index (χ0n) is 9.90. The minimum Gasteiger partial charge on any atom is -0.314 e. The monoisotopic (exact) mass is 285 g/mol. The van der Waals surface area contributed by atoms with E-state index in [-0.39, 0.29) is 0 Å². The lowest BCUT2D eigenvalue weighted by Gasteiger charge is -2.09. The third kappa shape index (κ3) is 1.55. The van der Waals surface area contributed by atoms with Crippen molar-refractivity contribution in [2.24, 2.45) is 0 Å². The molecule has 3 heteroatoms. The molecule has 0 radical (unpaired) electrons. The molecule has 0 fully saturated rings. The number of halogens is 2. The first-order valence-electron chi connectivity index (χ1n) is 6.01. The van der Waals surface area contributed by atoms with Crippen LogP contribution in [0.5, 0.6) is 0 Å². The van der Waals surface area contributed by atoms with Gasteiger partial charge in [0.15, 0.2) is 0 Å². The van der Waals surface area contributed by atoms with Crippen molar-refractivity contribution < 1.29 is 0 Å². The van der Waals surface area contributed by atoms with Crippen molar-refractivity contribution in [3.63, 3.8) is 0 Å². The van der Waals surface area contributed by atoms with Crippen LogP contribution in [0.15, 0.2) is 54.7 Å². The van der Waals surface area contributed by atoms with E-state index in [4.69, 9.17) is 23.2 Å². The van der Waals surface area contributed by atoms with Gasteiger partial charge in [0.25, 0.3) is 0 Å². The second-order valence-electron chi connectivity index (χ2n) is 4.62. The second kappa shape index (κ2) is 3.89. The van der Waals surface area contributed by atoms with E-state index in [2.05, 4.69) is 16.5 Å². The van der Waals surface area contributed by atoms with Crippen molar-refractivity contribution in [3.8, 4) is 0 Å². The van der Waals surface area contributed by atoms with Crippen LogP contribution in [0, 0.1) is 0 Å². The molecule has 0 saturated carbocycles. The van der Waals surface area contributed by atoms with Gasteiger partial charge in [-0.1, -0.05) is 47.5 Å². The predicted octanol–water partition coefficient (Wildman–Crippen LogP) is 5.55. The summed E-state index contributed by atoms with van der Waals surface area (Å²) in [6.07, 6.45) is 1.94. The minimum atomic E-state index is 0.743. The fourth-order valence-corrected chi connectivity index (χ4v) is 3.09. The van der Waals surface area contributed by atoms with Crippen molar-refractivity contribution in [1.82, 2.24) is 4.40 Å². The zero-order valence-corrected chi connectivity index (χ0v) is 11.4.